The van der Waals surface area contributed by atoms with E-state index in [1.54, 1.807) is 36.4 Å². The topological polar surface area (TPSA) is 189 Å². The Kier molecular flexibility index (Phi) is 11.2. The summed E-state index contributed by atoms with van der Waals surface area (Å²) < 4.78 is 10.5. The summed E-state index contributed by atoms with van der Waals surface area (Å²) in [6, 6.07) is 4.25. The van der Waals surface area contributed by atoms with Crippen LogP contribution in [0, 0.1) is 0 Å². The largest absolute Gasteiger partial charge is 0.490 e. The molecular formula is C24H35N6O6+. The lowest BCUT2D eigenvalue weighted by Gasteiger charge is -2.24. The number of guanidine groups is 1. The predicted octanol–water partition coefficient (Wildman–Crippen LogP) is -2.65. The molecule has 1 aromatic rings. The number of benzene rings is 1. The number of carbonyl (C=O) groups excluding carboxylic acids is 4. The normalized spacial score (nSPS) is 21.7. The first-order chi connectivity index (χ1) is 17.2. The maximum atomic E-state index is 13.2. The monoisotopic (exact) mass is 503 g/mol. The van der Waals surface area contributed by atoms with E-state index < -0.39 is 41.8 Å². The molecule has 0 spiro atoms. The van der Waals surface area contributed by atoms with E-state index in [2.05, 4.69) is 20.9 Å². The molecule has 3 amide bonds. The van der Waals surface area contributed by atoms with Crippen LogP contribution in [0.3, 0.4) is 0 Å². The first kappa shape index (κ1) is 28.1. The van der Waals surface area contributed by atoms with Crippen LogP contribution in [0.15, 0.2) is 36.4 Å². The molecule has 3 atom stereocenters. The molecule has 0 unspecified atom stereocenters. The van der Waals surface area contributed by atoms with Gasteiger partial charge in [-0.15, -0.1) is 0 Å². The van der Waals surface area contributed by atoms with Gasteiger partial charge in [0.1, 0.15) is 30.5 Å². The van der Waals surface area contributed by atoms with Crippen LogP contribution in [0.25, 0.3) is 0 Å². The average Bonchev–Trinajstić information content (AvgIpc) is 2.84. The van der Waals surface area contributed by atoms with Crippen LogP contribution in [-0.2, 0) is 30.3 Å². The van der Waals surface area contributed by atoms with Gasteiger partial charge in [-0.05, 0) is 37.0 Å². The SMILES string of the molecule is COC(=O)[C@H]1C/C=C\COc2ccc(cc2)C[C@H](NC(C)=O)C(=O)N[C@H](CCC[NH+]=C(N)N)C(=O)N1. The van der Waals surface area contributed by atoms with Gasteiger partial charge in [-0.1, -0.05) is 24.3 Å². The van der Waals surface area contributed by atoms with Crippen LogP contribution in [0.2, 0.25) is 0 Å². The van der Waals surface area contributed by atoms with Gasteiger partial charge in [0.2, 0.25) is 17.7 Å². The summed E-state index contributed by atoms with van der Waals surface area (Å²) in [6.07, 6.45) is 4.46. The van der Waals surface area contributed by atoms with E-state index in [4.69, 9.17) is 20.9 Å². The maximum absolute atomic E-state index is 13.2. The van der Waals surface area contributed by atoms with E-state index in [1.807, 2.05) is 0 Å². The van der Waals surface area contributed by atoms with Crippen LogP contribution in [0.4, 0.5) is 0 Å². The third kappa shape index (κ3) is 9.65. The number of methoxy groups -OCH3 is 1. The lowest BCUT2D eigenvalue weighted by Crippen LogP contribution is -2.78. The minimum absolute atomic E-state index is 0.0376. The molecule has 12 heteroatoms. The van der Waals surface area contributed by atoms with Crippen molar-refractivity contribution in [2.45, 2.75) is 50.7 Å². The van der Waals surface area contributed by atoms with Crippen molar-refractivity contribution in [2.75, 3.05) is 20.3 Å². The molecule has 8 N–H and O–H groups in total. The molecule has 3 rings (SSSR count). The van der Waals surface area contributed by atoms with Crippen molar-refractivity contribution in [1.82, 2.24) is 16.0 Å². The number of carbonyl (C=O) groups is 4. The van der Waals surface area contributed by atoms with E-state index in [1.165, 1.54) is 14.0 Å². The molecule has 2 heterocycles. The number of fused-ring (bicyclic) bond motifs is 13. The Morgan fingerprint density at radius 3 is 2.50 bits per heavy atom. The fourth-order valence-electron chi connectivity index (χ4n) is 3.57. The van der Waals surface area contributed by atoms with Crippen LogP contribution < -0.4 is 37.1 Å². The van der Waals surface area contributed by atoms with E-state index in [-0.39, 0.29) is 31.8 Å². The maximum Gasteiger partial charge on any atom is 0.338 e. The standard InChI is InChI=1S/C24H34N6O6/c1-15(31)28-20-14-16-8-10-17(11-9-16)36-13-4-3-6-19(23(34)35-2)30-21(32)18(29-22(20)33)7-5-12-27-24(25)26/h3-4,8-11,18-20H,5-7,12-14H2,1-2H3,(H,28,31)(H,29,33)(H,30,32)(H4,25,26,27)/p+1/b4-3-/t18-,19-,20+/m1/s1. The minimum atomic E-state index is -0.993. The molecule has 1 aromatic carbocycles. The van der Waals surface area contributed by atoms with E-state index in [0.29, 0.717) is 18.7 Å². The zero-order chi connectivity index (χ0) is 26.5. The van der Waals surface area contributed by atoms with E-state index >= 15 is 0 Å². The second-order valence-electron chi connectivity index (χ2n) is 8.29. The highest BCUT2D eigenvalue weighted by atomic mass is 16.5. The van der Waals surface area contributed by atoms with Crippen molar-refractivity contribution in [2.24, 2.45) is 11.5 Å². The van der Waals surface area contributed by atoms with Gasteiger partial charge in [0.25, 0.3) is 0 Å². The van der Waals surface area contributed by atoms with Gasteiger partial charge in [-0.3, -0.25) is 30.8 Å². The number of hydrogen-bond acceptors (Lipinski definition) is 6. The third-order valence-corrected chi connectivity index (χ3v) is 5.38. The number of rotatable bonds is 6. The molecule has 36 heavy (non-hydrogen) atoms. The highest BCUT2D eigenvalue weighted by molar-refractivity contribution is 5.93. The first-order valence-corrected chi connectivity index (χ1v) is 11.6. The molecule has 12 nitrogen and oxygen atoms in total. The quantitative estimate of drug-likeness (QED) is 0.0798. The van der Waals surface area contributed by atoms with Gasteiger partial charge in [0.05, 0.1) is 13.7 Å². The fraction of sp³-hybridized carbons (Fsp3) is 0.458. The third-order valence-electron chi connectivity index (χ3n) is 5.38. The van der Waals surface area contributed by atoms with Gasteiger partial charge in [-0.25, -0.2) is 4.79 Å². The molecule has 0 aliphatic carbocycles. The second kappa shape index (κ2) is 14.3. The molecule has 2 bridgehead atoms. The number of amides is 3. The van der Waals surface area contributed by atoms with Crippen LogP contribution in [0.5, 0.6) is 5.75 Å². The Morgan fingerprint density at radius 2 is 1.86 bits per heavy atom. The Balaban J connectivity index is 2.34. The van der Waals surface area contributed by atoms with Gasteiger partial charge in [0.15, 0.2) is 0 Å². The summed E-state index contributed by atoms with van der Waals surface area (Å²) in [5.74, 6) is -1.47. The summed E-state index contributed by atoms with van der Waals surface area (Å²) in [6.45, 7) is 1.93. The first-order valence-electron chi connectivity index (χ1n) is 11.6. The fourth-order valence-corrected chi connectivity index (χ4v) is 3.57. The number of nitrogens with two attached hydrogens (primary N) is 2. The predicted molar refractivity (Wildman–Crippen MR) is 131 cm³/mol. The summed E-state index contributed by atoms with van der Waals surface area (Å²) in [4.78, 5) is 53.2. The molecular weight excluding hydrogens is 468 g/mol. The Labute approximate surface area is 209 Å². The zero-order valence-electron chi connectivity index (χ0n) is 20.5. The molecule has 2 aliphatic rings. The number of nitrogens with one attached hydrogen (secondary N) is 4. The number of hydrogen-bond donors (Lipinski definition) is 6. The molecule has 0 fully saturated rings. The Bertz CT molecular complexity index is 974. The summed E-state index contributed by atoms with van der Waals surface area (Å²) in [5, 5.41) is 8.00. The van der Waals surface area contributed by atoms with Crippen molar-refractivity contribution in [3.63, 3.8) is 0 Å². The van der Waals surface area contributed by atoms with Crippen LogP contribution in [0.1, 0.15) is 31.7 Å². The zero-order valence-corrected chi connectivity index (χ0v) is 20.5. The summed E-state index contributed by atoms with van der Waals surface area (Å²) in [7, 11) is 1.23. The molecule has 0 aromatic heterocycles. The van der Waals surface area contributed by atoms with Gasteiger partial charge >= 0.3 is 11.9 Å². The number of esters is 1. The van der Waals surface area contributed by atoms with Gasteiger partial charge in [0, 0.05) is 13.3 Å². The Hall–Kier alpha value is -4.09. The Morgan fingerprint density at radius 1 is 1.14 bits per heavy atom. The van der Waals surface area contributed by atoms with Crippen molar-refractivity contribution in [3.05, 3.63) is 42.0 Å². The van der Waals surface area contributed by atoms with E-state index in [0.717, 1.165) is 5.56 Å². The molecule has 0 saturated heterocycles. The average molecular weight is 504 g/mol. The molecule has 0 radical (unpaired) electrons. The minimum Gasteiger partial charge on any atom is -0.490 e. The second-order valence-corrected chi connectivity index (χ2v) is 8.29. The van der Waals surface area contributed by atoms with Crippen molar-refractivity contribution in [3.8, 4) is 5.75 Å². The van der Waals surface area contributed by atoms with Crippen LogP contribution in [-0.4, -0.2) is 68.0 Å². The lowest BCUT2D eigenvalue weighted by molar-refractivity contribution is -0.459. The van der Waals surface area contributed by atoms with E-state index in [9.17, 15) is 19.2 Å². The molecule has 196 valence electrons. The van der Waals surface area contributed by atoms with Crippen LogP contribution >= 0.6 is 0 Å². The smallest absolute Gasteiger partial charge is 0.338 e. The van der Waals surface area contributed by atoms with Crippen molar-refractivity contribution < 1.29 is 33.6 Å². The van der Waals surface area contributed by atoms with Crippen molar-refractivity contribution in [1.29, 1.82) is 0 Å². The number of ether oxygens (including phenoxy) is 2. The molecule has 0 saturated carbocycles. The molecule has 2 aliphatic heterocycles. The van der Waals surface area contributed by atoms with Gasteiger partial charge in [-0.2, -0.15) is 0 Å². The highest BCUT2D eigenvalue weighted by Crippen LogP contribution is 2.14. The lowest BCUT2D eigenvalue weighted by atomic mass is 10.0. The van der Waals surface area contributed by atoms with Gasteiger partial charge < -0.3 is 25.4 Å². The summed E-state index contributed by atoms with van der Waals surface area (Å²) in [5.41, 5.74) is 11.6. The van der Waals surface area contributed by atoms with Crippen molar-refractivity contribution >= 4 is 29.7 Å². The summed E-state index contributed by atoms with van der Waals surface area (Å²) >= 11 is 0. The highest BCUT2D eigenvalue weighted by Gasteiger charge is 2.29.